The van der Waals surface area contributed by atoms with Crippen molar-refractivity contribution in [3.63, 3.8) is 0 Å². The van der Waals surface area contributed by atoms with Gasteiger partial charge < -0.3 is 9.47 Å². The van der Waals surface area contributed by atoms with Crippen LogP contribution in [0.25, 0.3) is 10.8 Å². The van der Waals surface area contributed by atoms with Crippen molar-refractivity contribution < 1.29 is 9.47 Å². The van der Waals surface area contributed by atoms with Crippen LogP contribution < -0.4 is 9.47 Å². The van der Waals surface area contributed by atoms with Crippen molar-refractivity contribution in [1.82, 2.24) is 0 Å². The van der Waals surface area contributed by atoms with E-state index in [0.29, 0.717) is 0 Å². The molecule has 0 bridgehead atoms. The molecule has 0 spiro atoms. The Balaban J connectivity index is 2.66. The van der Waals surface area contributed by atoms with Crippen molar-refractivity contribution in [2.75, 3.05) is 14.2 Å². The molecule has 0 atom stereocenters. The summed E-state index contributed by atoms with van der Waals surface area (Å²) in [5.74, 6) is 1.84. The number of ether oxygens (including phenoxy) is 2. The van der Waals surface area contributed by atoms with Crippen LogP contribution in [0.2, 0.25) is 0 Å². The van der Waals surface area contributed by atoms with Crippen molar-refractivity contribution in [1.29, 1.82) is 0 Å². The summed E-state index contributed by atoms with van der Waals surface area (Å²) in [5.41, 5.74) is 2.45. The molecule has 2 aromatic rings. The number of hydrogen-bond donors (Lipinski definition) is 0. The highest BCUT2D eigenvalue weighted by Crippen LogP contribution is 2.36. The molecular formula is C17H20O2. The molecule has 0 saturated carbocycles. The number of rotatable bonds is 4. The maximum Gasteiger partial charge on any atom is 0.130 e. The summed E-state index contributed by atoms with van der Waals surface area (Å²) in [7, 11) is 3.43. The molecule has 2 nitrogen and oxygen atoms in total. The molecule has 0 radical (unpaired) electrons. The van der Waals surface area contributed by atoms with Crippen LogP contribution in [0.3, 0.4) is 0 Å². The van der Waals surface area contributed by atoms with E-state index in [1.54, 1.807) is 14.2 Å². The van der Waals surface area contributed by atoms with Gasteiger partial charge in [0.25, 0.3) is 0 Å². The van der Waals surface area contributed by atoms with Gasteiger partial charge in [-0.15, -0.1) is 0 Å². The van der Waals surface area contributed by atoms with Gasteiger partial charge in [0, 0.05) is 16.3 Å². The Morgan fingerprint density at radius 1 is 1.05 bits per heavy atom. The predicted molar refractivity (Wildman–Crippen MR) is 80.2 cm³/mol. The highest BCUT2D eigenvalue weighted by atomic mass is 16.5. The lowest BCUT2D eigenvalue weighted by Gasteiger charge is -2.14. The van der Waals surface area contributed by atoms with Crippen molar-refractivity contribution in [2.45, 2.75) is 20.3 Å². The lowest BCUT2D eigenvalue weighted by atomic mass is 10.0. The molecular weight excluding hydrogens is 236 g/mol. The zero-order chi connectivity index (χ0) is 13.8. The maximum absolute atomic E-state index is 5.61. The first-order valence-corrected chi connectivity index (χ1v) is 6.43. The zero-order valence-corrected chi connectivity index (χ0v) is 12.0. The molecule has 0 aliphatic rings. The van der Waals surface area contributed by atoms with Crippen LogP contribution in [0.1, 0.15) is 19.4 Å². The third-order valence-corrected chi connectivity index (χ3v) is 3.19. The molecule has 0 saturated heterocycles. The largest absolute Gasteiger partial charge is 0.496 e. The fourth-order valence-corrected chi connectivity index (χ4v) is 2.25. The fourth-order valence-electron chi connectivity index (χ4n) is 2.25. The zero-order valence-electron chi connectivity index (χ0n) is 12.0. The summed E-state index contributed by atoms with van der Waals surface area (Å²) in [5, 5.41) is 2.18. The molecule has 0 aliphatic carbocycles. The van der Waals surface area contributed by atoms with Crippen LogP contribution in [0.5, 0.6) is 11.5 Å². The Morgan fingerprint density at radius 3 is 2.32 bits per heavy atom. The lowest BCUT2D eigenvalue weighted by Crippen LogP contribution is -1.95. The summed E-state index contributed by atoms with van der Waals surface area (Å²) >= 11 is 0. The predicted octanol–water partition coefficient (Wildman–Crippen LogP) is 4.37. The van der Waals surface area contributed by atoms with Gasteiger partial charge in [0.1, 0.15) is 11.5 Å². The third kappa shape index (κ3) is 2.73. The second-order valence-corrected chi connectivity index (χ2v) is 4.80. The van der Waals surface area contributed by atoms with Crippen LogP contribution in [-0.4, -0.2) is 14.2 Å². The van der Waals surface area contributed by atoms with E-state index in [4.69, 9.17) is 9.47 Å². The second-order valence-electron chi connectivity index (χ2n) is 4.80. The van der Waals surface area contributed by atoms with Gasteiger partial charge in [0.2, 0.25) is 0 Å². The number of allylic oxidation sites excluding steroid dienone is 2. The molecule has 2 aromatic carbocycles. The van der Waals surface area contributed by atoms with Gasteiger partial charge in [0.05, 0.1) is 14.2 Å². The number of benzene rings is 2. The van der Waals surface area contributed by atoms with Crippen LogP contribution >= 0.6 is 0 Å². The molecule has 0 aromatic heterocycles. The molecule has 100 valence electrons. The Bertz CT molecular complexity index is 608. The molecule has 0 amide bonds. The summed E-state index contributed by atoms with van der Waals surface area (Å²) in [6, 6.07) is 10.2. The highest BCUT2D eigenvalue weighted by molar-refractivity contribution is 5.94. The summed E-state index contributed by atoms with van der Waals surface area (Å²) in [4.78, 5) is 0. The number of hydrogen-bond acceptors (Lipinski definition) is 2. The Morgan fingerprint density at radius 2 is 1.74 bits per heavy atom. The highest BCUT2D eigenvalue weighted by Gasteiger charge is 2.12. The molecule has 0 fully saturated rings. The van der Waals surface area contributed by atoms with Gasteiger partial charge >= 0.3 is 0 Å². The minimum absolute atomic E-state index is 0.854. The van der Waals surface area contributed by atoms with Crippen LogP contribution in [0.15, 0.2) is 42.0 Å². The van der Waals surface area contributed by atoms with Gasteiger partial charge in [-0.05, 0) is 26.3 Å². The van der Waals surface area contributed by atoms with E-state index in [9.17, 15) is 0 Å². The van der Waals surface area contributed by atoms with Gasteiger partial charge in [0.15, 0.2) is 0 Å². The average molecular weight is 256 g/mol. The normalized spacial score (nSPS) is 10.3. The molecule has 0 aliphatic heterocycles. The monoisotopic (exact) mass is 256 g/mol. The van der Waals surface area contributed by atoms with Crippen molar-refractivity contribution in [3.8, 4) is 11.5 Å². The quantitative estimate of drug-likeness (QED) is 0.756. The van der Waals surface area contributed by atoms with Crippen LogP contribution in [0, 0.1) is 0 Å². The minimum Gasteiger partial charge on any atom is -0.496 e. The standard InChI is InChI=1S/C17H20O2/c1-12(2)9-10-13-11-16(18-3)14-7-5-6-8-15(14)17(13)19-4/h5-9,11H,10H2,1-4H3. The van der Waals surface area contributed by atoms with E-state index in [2.05, 4.69) is 38.1 Å². The first-order valence-electron chi connectivity index (χ1n) is 6.43. The molecule has 19 heavy (non-hydrogen) atoms. The topological polar surface area (TPSA) is 18.5 Å². The Labute approximate surface area is 114 Å². The molecule has 0 unspecified atom stereocenters. The van der Waals surface area contributed by atoms with E-state index in [-0.39, 0.29) is 0 Å². The second kappa shape index (κ2) is 5.79. The van der Waals surface area contributed by atoms with Gasteiger partial charge in [-0.2, -0.15) is 0 Å². The lowest BCUT2D eigenvalue weighted by molar-refractivity contribution is 0.407. The molecule has 2 rings (SSSR count). The van der Waals surface area contributed by atoms with Crippen molar-refractivity contribution >= 4 is 10.8 Å². The molecule has 0 heterocycles. The van der Waals surface area contributed by atoms with Crippen LogP contribution in [-0.2, 0) is 6.42 Å². The van der Waals surface area contributed by atoms with Crippen molar-refractivity contribution in [3.05, 3.63) is 47.5 Å². The van der Waals surface area contributed by atoms with Crippen molar-refractivity contribution in [2.24, 2.45) is 0 Å². The smallest absolute Gasteiger partial charge is 0.130 e. The van der Waals surface area contributed by atoms with Gasteiger partial charge in [-0.1, -0.05) is 35.9 Å². The van der Waals surface area contributed by atoms with Crippen LogP contribution in [0.4, 0.5) is 0 Å². The van der Waals surface area contributed by atoms with E-state index >= 15 is 0 Å². The maximum atomic E-state index is 5.61. The van der Waals surface area contributed by atoms with E-state index in [0.717, 1.165) is 34.3 Å². The summed E-state index contributed by atoms with van der Waals surface area (Å²) in [6.45, 7) is 4.20. The Kier molecular flexibility index (Phi) is 4.10. The third-order valence-electron chi connectivity index (χ3n) is 3.19. The molecule has 2 heteroatoms. The van der Waals surface area contributed by atoms with E-state index in [1.807, 2.05) is 12.1 Å². The SMILES string of the molecule is COc1cc(CC=C(C)C)c(OC)c2ccccc12. The number of fused-ring (bicyclic) bond motifs is 1. The minimum atomic E-state index is 0.854. The fraction of sp³-hybridized carbons (Fsp3) is 0.294. The van der Waals surface area contributed by atoms with Gasteiger partial charge in [-0.3, -0.25) is 0 Å². The van der Waals surface area contributed by atoms with E-state index < -0.39 is 0 Å². The summed E-state index contributed by atoms with van der Waals surface area (Å²) in [6.07, 6.45) is 3.05. The number of methoxy groups -OCH3 is 2. The first kappa shape index (κ1) is 13.5. The summed E-state index contributed by atoms with van der Waals surface area (Å²) < 4.78 is 11.1. The van der Waals surface area contributed by atoms with Gasteiger partial charge in [-0.25, -0.2) is 0 Å². The molecule has 0 N–H and O–H groups in total. The van der Waals surface area contributed by atoms with E-state index in [1.165, 1.54) is 5.57 Å². The average Bonchev–Trinajstić information content (AvgIpc) is 2.43. The first-order chi connectivity index (χ1) is 9.17. The Hall–Kier alpha value is -1.96.